The van der Waals surface area contributed by atoms with Gasteiger partial charge >= 0.3 is 0 Å². The molecule has 4 rings (SSSR count). The summed E-state index contributed by atoms with van der Waals surface area (Å²) < 4.78 is 16.6. The van der Waals surface area contributed by atoms with Crippen molar-refractivity contribution in [2.45, 2.75) is 33.2 Å². The Hall–Kier alpha value is -2.53. The van der Waals surface area contributed by atoms with Crippen LogP contribution >= 0.6 is 0 Å². The predicted octanol–water partition coefficient (Wildman–Crippen LogP) is 4.14. The topological polar surface area (TPSA) is 48.0 Å². The second-order valence-corrected chi connectivity index (χ2v) is 7.73. The number of ether oxygens (including phenoxy) is 3. The molecule has 0 bridgehead atoms. The van der Waals surface area contributed by atoms with E-state index >= 15 is 0 Å². The molecule has 0 radical (unpaired) electrons. The zero-order chi connectivity index (χ0) is 19.7. The number of nitrogens with zero attached hydrogens (tertiary/aromatic N) is 1. The number of aryl methyl sites for hydroxylation is 2. The van der Waals surface area contributed by atoms with E-state index in [-0.39, 0.29) is 18.5 Å². The summed E-state index contributed by atoms with van der Waals surface area (Å²) in [7, 11) is 1.67. The third-order valence-corrected chi connectivity index (χ3v) is 5.70. The van der Waals surface area contributed by atoms with Gasteiger partial charge in [-0.15, -0.1) is 0 Å². The van der Waals surface area contributed by atoms with Gasteiger partial charge in [0.1, 0.15) is 5.75 Å². The van der Waals surface area contributed by atoms with Crippen LogP contribution in [0.1, 0.15) is 39.9 Å². The Kier molecular flexibility index (Phi) is 5.27. The molecule has 0 aliphatic carbocycles. The van der Waals surface area contributed by atoms with Crippen LogP contribution in [0, 0.1) is 19.8 Å². The van der Waals surface area contributed by atoms with Crippen LogP contribution in [-0.2, 0) is 6.54 Å². The minimum absolute atomic E-state index is 0.0230. The quantitative estimate of drug-likeness (QED) is 0.729. The molecule has 2 aromatic rings. The van der Waals surface area contributed by atoms with Gasteiger partial charge in [0.2, 0.25) is 6.79 Å². The van der Waals surface area contributed by atoms with E-state index in [2.05, 4.69) is 11.0 Å². The van der Waals surface area contributed by atoms with E-state index in [1.807, 2.05) is 38.1 Å². The van der Waals surface area contributed by atoms with Crippen molar-refractivity contribution < 1.29 is 19.0 Å². The third-order valence-electron chi connectivity index (χ3n) is 5.70. The number of carbonyl (C=O) groups is 1. The van der Waals surface area contributed by atoms with Gasteiger partial charge in [-0.2, -0.15) is 0 Å². The average molecular weight is 381 g/mol. The fourth-order valence-electron chi connectivity index (χ4n) is 4.42. The number of para-hydroxylation sites is 1. The summed E-state index contributed by atoms with van der Waals surface area (Å²) in [4.78, 5) is 15.5. The highest BCUT2D eigenvalue weighted by atomic mass is 16.7. The molecule has 0 amide bonds. The molecule has 148 valence electrons. The van der Waals surface area contributed by atoms with Gasteiger partial charge in [0.25, 0.3) is 0 Å². The molecule has 2 heterocycles. The predicted molar refractivity (Wildman–Crippen MR) is 107 cm³/mol. The van der Waals surface area contributed by atoms with Crippen molar-refractivity contribution in [1.29, 1.82) is 0 Å². The maximum atomic E-state index is 13.2. The zero-order valence-electron chi connectivity index (χ0n) is 16.8. The van der Waals surface area contributed by atoms with Crippen LogP contribution in [0.5, 0.6) is 17.2 Å². The first kappa shape index (κ1) is 18.8. The van der Waals surface area contributed by atoms with Crippen molar-refractivity contribution in [3.05, 3.63) is 52.6 Å². The molecule has 0 aromatic heterocycles. The van der Waals surface area contributed by atoms with Crippen LogP contribution in [0.2, 0.25) is 0 Å². The number of rotatable bonds is 5. The molecule has 0 unspecified atom stereocenters. The number of methoxy groups -OCH3 is 1. The Morgan fingerprint density at radius 1 is 1.21 bits per heavy atom. The number of ketones is 1. The maximum absolute atomic E-state index is 13.2. The number of Topliss-reactive ketones (excluding diaryl/α,β-unsaturated/α-hetero) is 1. The van der Waals surface area contributed by atoms with Crippen molar-refractivity contribution in [2.24, 2.45) is 5.92 Å². The van der Waals surface area contributed by atoms with Crippen LogP contribution in [0.4, 0.5) is 0 Å². The molecule has 1 atom stereocenters. The van der Waals surface area contributed by atoms with Gasteiger partial charge in [0, 0.05) is 30.1 Å². The molecular weight excluding hydrogens is 354 g/mol. The minimum atomic E-state index is 0.0230. The number of benzene rings is 2. The normalized spacial score (nSPS) is 18.9. The molecule has 0 spiro atoms. The highest BCUT2D eigenvalue weighted by Gasteiger charge is 2.28. The summed E-state index contributed by atoms with van der Waals surface area (Å²) in [6, 6.07) is 9.93. The van der Waals surface area contributed by atoms with Gasteiger partial charge in [-0.25, -0.2) is 0 Å². The van der Waals surface area contributed by atoms with Gasteiger partial charge in [-0.1, -0.05) is 12.1 Å². The molecule has 28 heavy (non-hydrogen) atoms. The van der Waals surface area contributed by atoms with Crippen molar-refractivity contribution >= 4 is 5.78 Å². The largest absolute Gasteiger partial charge is 0.496 e. The highest BCUT2D eigenvalue weighted by Crippen LogP contribution is 2.36. The van der Waals surface area contributed by atoms with Gasteiger partial charge in [-0.05, 0) is 62.6 Å². The van der Waals surface area contributed by atoms with E-state index in [1.165, 1.54) is 0 Å². The lowest BCUT2D eigenvalue weighted by Crippen LogP contribution is -2.38. The number of hydrogen-bond donors (Lipinski definition) is 0. The van der Waals surface area contributed by atoms with E-state index in [0.717, 1.165) is 72.0 Å². The lowest BCUT2D eigenvalue weighted by atomic mass is 9.88. The second-order valence-electron chi connectivity index (χ2n) is 7.73. The number of carbonyl (C=O) groups excluding carboxylic acids is 1. The van der Waals surface area contributed by atoms with Crippen LogP contribution in [0.25, 0.3) is 0 Å². The minimum Gasteiger partial charge on any atom is -0.496 e. The Balaban J connectivity index is 1.48. The van der Waals surface area contributed by atoms with Crippen molar-refractivity contribution in [1.82, 2.24) is 4.90 Å². The first-order valence-electron chi connectivity index (χ1n) is 9.86. The summed E-state index contributed by atoms with van der Waals surface area (Å²) >= 11 is 0. The summed E-state index contributed by atoms with van der Waals surface area (Å²) in [6.45, 7) is 6.81. The zero-order valence-corrected chi connectivity index (χ0v) is 16.8. The third kappa shape index (κ3) is 3.59. The summed E-state index contributed by atoms with van der Waals surface area (Å²) in [6.07, 6.45) is 1.96. The van der Waals surface area contributed by atoms with E-state index in [0.29, 0.717) is 0 Å². The monoisotopic (exact) mass is 381 g/mol. The van der Waals surface area contributed by atoms with Crippen molar-refractivity contribution in [2.75, 3.05) is 27.0 Å². The second kappa shape index (κ2) is 7.84. The van der Waals surface area contributed by atoms with Gasteiger partial charge in [0.15, 0.2) is 17.3 Å². The van der Waals surface area contributed by atoms with Crippen LogP contribution in [0.15, 0.2) is 30.3 Å². The van der Waals surface area contributed by atoms with Gasteiger partial charge < -0.3 is 14.2 Å². The Bertz CT molecular complexity index is 869. The van der Waals surface area contributed by atoms with Crippen molar-refractivity contribution in [3.63, 3.8) is 0 Å². The molecular formula is C23H27NO4. The van der Waals surface area contributed by atoms with E-state index in [4.69, 9.17) is 14.2 Å². The number of likely N-dealkylation sites (tertiary alicyclic amines) is 1. The maximum Gasteiger partial charge on any atom is 0.231 e. The highest BCUT2D eigenvalue weighted by molar-refractivity contribution is 5.98. The van der Waals surface area contributed by atoms with Crippen LogP contribution in [0.3, 0.4) is 0 Å². The Labute approximate surface area is 166 Å². The lowest BCUT2D eigenvalue weighted by molar-refractivity contribution is 0.0810. The van der Waals surface area contributed by atoms with E-state index in [1.54, 1.807) is 7.11 Å². The Morgan fingerprint density at radius 2 is 2.00 bits per heavy atom. The number of piperidine rings is 1. The molecule has 0 saturated carbocycles. The Morgan fingerprint density at radius 3 is 2.75 bits per heavy atom. The smallest absolute Gasteiger partial charge is 0.231 e. The summed E-state index contributed by atoms with van der Waals surface area (Å²) in [5.41, 5.74) is 3.94. The summed E-state index contributed by atoms with van der Waals surface area (Å²) in [5, 5.41) is 0. The standard InChI is InChI=1S/C23H27NO4/c1-15-10-19(11-16(2)22(15)26-3)21(25)17-7-5-9-24(12-17)13-18-6-4-8-20-23(18)28-14-27-20/h4,6,8,10-11,17H,5,7,9,12-14H2,1-3H3/t17-/m0/s1. The first-order valence-corrected chi connectivity index (χ1v) is 9.86. The van der Waals surface area contributed by atoms with Crippen molar-refractivity contribution in [3.8, 4) is 17.2 Å². The SMILES string of the molecule is COc1c(C)cc(C(=O)[C@H]2CCCN(Cc3cccc4c3OCO4)C2)cc1C. The van der Waals surface area contributed by atoms with E-state index in [9.17, 15) is 4.79 Å². The molecule has 0 N–H and O–H groups in total. The fraction of sp³-hybridized carbons (Fsp3) is 0.435. The molecule has 5 nitrogen and oxygen atoms in total. The molecule has 5 heteroatoms. The van der Waals surface area contributed by atoms with Gasteiger partial charge in [-0.3, -0.25) is 9.69 Å². The average Bonchev–Trinajstić information content (AvgIpc) is 3.17. The number of hydrogen-bond acceptors (Lipinski definition) is 5. The molecule has 1 saturated heterocycles. The summed E-state index contributed by atoms with van der Waals surface area (Å²) in [5.74, 6) is 2.77. The fourth-order valence-corrected chi connectivity index (χ4v) is 4.42. The number of fused-ring (bicyclic) bond motifs is 1. The molecule has 2 aliphatic heterocycles. The molecule has 2 aromatic carbocycles. The molecule has 2 aliphatic rings. The lowest BCUT2D eigenvalue weighted by Gasteiger charge is -2.32. The van der Waals surface area contributed by atoms with E-state index < -0.39 is 0 Å². The molecule has 1 fully saturated rings. The van der Waals surface area contributed by atoms with Crippen LogP contribution < -0.4 is 14.2 Å². The first-order chi connectivity index (χ1) is 13.6. The van der Waals surface area contributed by atoms with Crippen LogP contribution in [-0.4, -0.2) is 37.7 Å². The van der Waals surface area contributed by atoms with Gasteiger partial charge in [0.05, 0.1) is 7.11 Å².